The lowest BCUT2D eigenvalue weighted by Gasteiger charge is -2.19. The molecule has 3 heteroatoms. The van der Waals surface area contributed by atoms with E-state index < -0.39 is 0 Å². The molecule has 2 aromatic carbocycles. The van der Waals surface area contributed by atoms with Crippen LogP contribution in [0.25, 0.3) is 0 Å². The standard InChI is InChI=1S/C16H19BrN2/c1-12-8-14(16(18)15(17)9-12)11-19(2)10-13-6-4-3-5-7-13/h3-9H,10-11,18H2,1-2H3. The third-order valence-corrected chi connectivity index (χ3v) is 3.75. The lowest BCUT2D eigenvalue weighted by molar-refractivity contribution is 0.319. The maximum Gasteiger partial charge on any atom is 0.0504 e. The second-order valence-electron chi connectivity index (χ2n) is 4.98. The van der Waals surface area contributed by atoms with Crippen molar-refractivity contribution in [3.63, 3.8) is 0 Å². The molecule has 0 saturated heterocycles. The van der Waals surface area contributed by atoms with E-state index >= 15 is 0 Å². The topological polar surface area (TPSA) is 29.3 Å². The summed E-state index contributed by atoms with van der Waals surface area (Å²) < 4.78 is 0.982. The van der Waals surface area contributed by atoms with Crippen LogP contribution in [0.2, 0.25) is 0 Å². The maximum atomic E-state index is 6.12. The highest BCUT2D eigenvalue weighted by molar-refractivity contribution is 9.10. The molecule has 100 valence electrons. The number of hydrogen-bond donors (Lipinski definition) is 1. The Balaban J connectivity index is 2.09. The number of aryl methyl sites for hydroxylation is 1. The van der Waals surface area contributed by atoms with Gasteiger partial charge in [-0.05, 0) is 52.7 Å². The summed E-state index contributed by atoms with van der Waals surface area (Å²) in [4.78, 5) is 2.27. The molecule has 0 aliphatic heterocycles. The molecule has 0 heterocycles. The van der Waals surface area contributed by atoms with E-state index in [9.17, 15) is 0 Å². The van der Waals surface area contributed by atoms with Gasteiger partial charge in [-0.1, -0.05) is 36.4 Å². The average Bonchev–Trinajstić information content (AvgIpc) is 2.36. The molecular formula is C16H19BrN2. The summed E-state index contributed by atoms with van der Waals surface area (Å²) in [5.41, 5.74) is 10.7. The van der Waals surface area contributed by atoms with Crippen molar-refractivity contribution in [1.29, 1.82) is 0 Å². The van der Waals surface area contributed by atoms with Crippen LogP contribution >= 0.6 is 15.9 Å². The fourth-order valence-electron chi connectivity index (χ4n) is 2.20. The van der Waals surface area contributed by atoms with E-state index in [4.69, 9.17) is 5.73 Å². The second-order valence-corrected chi connectivity index (χ2v) is 5.83. The SMILES string of the molecule is Cc1cc(Br)c(N)c(CN(C)Cc2ccccc2)c1. The molecule has 0 spiro atoms. The zero-order valence-electron chi connectivity index (χ0n) is 11.4. The van der Waals surface area contributed by atoms with Gasteiger partial charge in [-0.2, -0.15) is 0 Å². The molecule has 0 aromatic heterocycles. The number of hydrogen-bond acceptors (Lipinski definition) is 2. The first-order chi connectivity index (χ1) is 9.06. The van der Waals surface area contributed by atoms with E-state index in [1.807, 2.05) is 6.07 Å². The molecule has 19 heavy (non-hydrogen) atoms. The van der Waals surface area contributed by atoms with Crippen LogP contribution in [0, 0.1) is 6.92 Å². The van der Waals surface area contributed by atoms with Gasteiger partial charge in [0.1, 0.15) is 0 Å². The normalized spacial score (nSPS) is 10.9. The highest BCUT2D eigenvalue weighted by atomic mass is 79.9. The minimum absolute atomic E-state index is 0.838. The third-order valence-electron chi connectivity index (χ3n) is 3.10. The number of nitrogens with two attached hydrogens (primary N) is 1. The number of nitrogen functional groups attached to an aromatic ring is 1. The molecule has 0 aliphatic carbocycles. The molecule has 0 fully saturated rings. The Morgan fingerprint density at radius 3 is 2.47 bits per heavy atom. The van der Waals surface area contributed by atoms with E-state index in [0.29, 0.717) is 0 Å². The Morgan fingerprint density at radius 2 is 1.79 bits per heavy atom. The van der Waals surface area contributed by atoms with Crippen molar-refractivity contribution in [3.05, 3.63) is 63.6 Å². The minimum atomic E-state index is 0.838. The highest BCUT2D eigenvalue weighted by Gasteiger charge is 2.08. The van der Waals surface area contributed by atoms with E-state index in [0.717, 1.165) is 23.2 Å². The predicted octanol–water partition coefficient (Wildman–Crippen LogP) is 3.97. The van der Waals surface area contributed by atoms with E-state index in [1.165, 1.54) is 16.7 Å². The van der Waals surface area contributed by atoms with Crippen LogP contribution < -0.4 is 5.73 Å². The number of benzene rings is 2. The Kier molecular flexibility index (Phi) is 4.61. The van der Waals surface area contributed by atoms with Gasteiger partial charge in [0.15, 0.2) is 0 Å². The summed E-state index contributed by atoms with van der Waals surface area (Å²) in [7, 11) is 2.11. The van der Waals surface area contributed by atoms with Gasteiger partial charge in [0.05, 0.1) is 5.69 Å². The van der Waals surface area contributed by atoms with E-state index in [1.54, 1.807) is 0 Å². The first-order valence-corrected chi connectivity index (χ1v) is 7.12. The molecule has 2 N–H and O–H groups in total. The molecule has 0 unspecified atom stereocenters. The molecule has 0 amide bonds. The largest absolute Gasteiger partial charge is 0.398 e. The van der Waals surface area contributed by atoms with E-state index in [-0.39, 0.29) is 0 Å². The zero-order valence-corrected chi connectivity index (χ0v) is 12.9. The fraction of sp³-hybridized carbons (Fsp3) is 0.250. The number of anilines is 1. The summed E-state index contributed by atoms with van der Waals surface area (Å²) in [6.07, 6.45) is 0. The van der Waals surface area contributed by atoms with Crippen molar-refractivity contribution in [2.45, 2.75) is 20.0 Å². The zero-order chi connectivity index (χ0) is 13.8. The smallest absolute Gasteiger partial charge is 0.0504 e. The molecule has 0 bridgehead atoms. The maximum absolute atomic E-state index is 6.12. The summed E-state index contributed by atoms with van der Waals surface area (Å²) in [6.45, 7) is 3.86. The summed E-state index contributed by atoms with van der Waals surface area (Å²) in [5, 5.41) is 0. The Morgan fingerprint density at radius 1 is 1.11 bits per heavy atom. The summed E-state index contributed by atoms with van der Waals surface area (Å²) >= 11 is 3.51. The first-order valence-electron chi connectivity index (χ1n) is 6.33. The average molecular weight is 319 g/mol. The molecule has 0 saturated carbocycles. The van der Waals surface area contributed by atoms with Crippen molar-refractivity contribution in [1.82, 2.24) is 4.90 Å². The monoisotopic (exact) mass is 318 g/mol. The van der Waals surface area contributed by atoms with E-state index in [2.05, 4.69) is 71.2 Å². The molecular weight excluding hydrogens is 300 g/mol. The van der Waals surface area contributed by atoms with Gasteiger partial charge in [-0.15, -0.1) is 0 Å². The van der Waals surface area contributed by atoms with Gasteiger partial charge in [0, 0.05) is 17.6 Å². The van der Waals surface area contributed by atoms with Gasteiger partial charge in [0.2, 0.25) is 0 Å². The van der Waals surface area contributed by atoms with Gasteiger partial charge in [-0.3, -0.25) is 4.90 Å². The van der Waals surface area contributed by atoms with Gasteiger partial charge in [0.25, 0.3) is 0 Å². The van der Waals surface area contributed by atoms with Crippen molar-refractivity contribution in [2.24, 2.45) is 0 Å². The molecule has 2 aromatic rings. The number of rotatable bonds is 4. The van der Waals surface area contributed by atoms with Crippen molar-refractivity contribution in [3.8, 4) is 0 Å². The van der Waals surface area contributed by atoms with Crippen LogP contribution in [0.4, 0.5) is 5.69 Å². The minimum Gasteiger partial charge on any atom is -0.398 e. The number of nitrogens with zero attached hydrogens (tertiary/aromatic N) is 1. The summed E-state index contributed by atoms with van der Waals surface area (Å²) in [6, 6.07) is 14.7. The molecule has 0 radical (unpaired) electrons. The molecule has 2 rings (SSSR count). The molecule has 0 aliphatic rings. The van der Waals surface area contributed by atoms with Gasteiger partial charge >= 0.3 is 0 Å². The van der Waals surface area contributed by atoms with Crippen LogP contribution in [0.5, 0.6) is 0 Å². The predicted molar refractivity (Wildman–Crippen MR) is 84.9 cm³/mol. The third kappa shape index (κ3) is 3.82. The van der Waals surface area contributed by atoms with Crippen molar-refractivity contribution < 1.29 is 0 Å². The van der Waals surface area contributed by atoms with Gasteiger partial charge in [-0.25, -0.2) is 0 Å². The quantitative estimate of drug-likeness (QED) is 0.864. The summed E-state index contributed by atoms with van der Waals surface area (Å²) in [5.74, 6) is 0. The Hall–Kier alpha value is -1.32. The molecule has 2 nitrogen and oxygen atoms in total. The van der Waals surface area contributed by atoms with Gasteiger partial charge < -0.3 is 5.73 Å². The van der Waals surface area contributed by atoms with Crippen molar-refractivity contribution in [2.75, 3.05) is 12.8 Å². The highest BCUT2D eigenvalue weighted by Crippen LogP contribution is 2.26. The van der Waals surface area contributed by atoms with Crippen LogP contribution in [0.3, 0.4) is 0 Å². The van der Waals surface area contributed by atoms with Crippen LogP contribution in [0.15, 0.2) is 46.9 Å². The van der Waals surface area contributed by atoms with Crippen LogP contribution in [-0.4, -0.2) is 11.9 Å². The van der Waals surface area contributed by atoms with Crippen LogP contribution in [0.1, 0.15) is 16.7 Å². The first kappa shape index (κ1) is 14.1. The lowest BCUT2D eigenvalue weighted by Crippen LogP contribution is -2.18. The van der Waals surface area contributed by atoms with Crippen LogP contribution in [-0.2, 0) is 13.1 Å². The number of halogens is 1. The Bertz CT molecular complexity index is 552. The lowest BCUT2D eigenvalue weighted by atomic mass is 10.1. The van der Waals surface area contributed by atoms with Crippen molar-refractivity contribution >= 4 is 21.6 Å². The Labute approximate surface area is 123 Å². The second kappa shape index (κ2) is 6.22. The molecule has 0 atom stereocenters. The fourth-order valence-corrected chi connectivity index (χ4v) is 2.81.